The van der Waals surface area contributed by atoms with Crippen molar-refractivity contribution in [2.75, 3.05) is 14.2 Å². The van der Waals surface area contributed by atoms with Crippen LogP contribution in [0.15, 0.2) is 29.4 Å². The molecule has 1 atom stereocenters. The number of carbonyl (C=O) groups excluding carboxylic acids is 2. The molecule has 0 fully saturated rings. The van der Waals surface area contributed by atoms with Crippen molar-refractivity contribution in [3.63, 3.8) is 0 Å². The molecule has 0 aliphatic rings. The summed E-state index contributed by atoms with van der Waals surface area (Å²) >= 11 is 0. The van der Waals surface area contributed by atoms with Gasteiger partial charge in [-0.1, -0.05) is 0 Å². The molecule has 0 aromatic heterocycles. The van der Waals surface area contributed by atoms with Crippen LogP contribution in [-0.2, 0) is 14.3 Å². The zero-order valence-corrected chi connectivity index (χ0v) is 13.0. The first kappa shape index (κ1) is 18.1. The van der Waals surface area contributed by atoms with E-state index in [1.54, 1.807) is 6.92 Å². The molecule has 124 valence electrons. The normalized spacial score (nSPS) is 11.8. The van der Waals surface area contributed by atoms with Crippen LogP contribution in [0.5, 0.6) is 5.75 Å². The maximum atomic E-state index is 12.2. The van der Waals surface area contributed by atoms with E-state index in [2.05, 4.69) is 9.84 Å². The third kappa shape index (κ3) is 5.38. The highest BCUT2D eigenvalue weighted by atomic mass is 16.6. The Bertz CT molecular complexity index is 599. The monoisotopic (exact) mass is 323 g/mol. The predicted molar refractivity (Wildman–Crippen MR) is 81.1 cm³/mol. The lowest BCUT2D eigenvalue weighted by molar-refractivity contribution is -0.384. The summed E-state index contributed by atoms with van der Waals surface area (Å²) in [5.41, 5.74) is -0.122. The van der Waals surface area contributed by atoms with E-state index in [1.807, 2.05) is 0 Å². The Morgan fingerprint density at radius 2 is 2.00 bits per heavy atom. The van der Waals surface area contributed by atoms with E-state index in [9.17, 15) is 19.7 Å². The zero-order chi connectivity index (χ0) is 17.4. The Morgan fingerprint density at radius 1 is 1.39 bits per heavy atom. The Morgan fingerprint density at radius 3 is 2.48 bits per heavy atom. The molecule has 1 rings (SSSR count). The fourth-order valence-corrected chi connectivity index (χ4v) is 1.69. The standard InChI is InChI=1S/C14H17N3O6/c1-4-15-16(2)12(9-13(18)22-3)14(19)23-11-7-5-10(6-8-11)17(20)21/h4-8,12H,9H2,1-3H3. The molecule has 9 nitrogen and oxygen atoms in total. The quantitative estimate of drug-likeness (QED) is 0.245. The number of esters is 2. The molecule has 0 amide bonds. The zero-order valence-electron chi connectivity index (χ0n) is 13.0. The van der Waals surface area contributed by atoms with Crippen molar-refractivity contribution in [1.82, 2.24) is 5.01 Å². The smallest absolute Gasteiger partial charge is 0.336 e. The van der Waals surface area contributed by atoms with Crippen LogP contribution in [0.2, 0.25) is 0 Å². The van der Waals surface area contributed by atoms with Gasteiger partial charge in [0.25, 0.3) is 5.69 Å². The number of nitrogens with zero attached hydrogens (tertiary/aromatic N) is 3. The first-order valence-electron chi connectivity index (χ1n) is 6.63. The Labute approximate surface area is 132 Å². The second-order valence-corrected chi connectivity index (χ2v) is 4.42. The van der Waals surface area contributed by atoms with E-state index in [-0.39, 0.29) is 17.9 Å². The number of hydrazone groups is 1. The number of hydrogen-bond acceptors (Lipinski definition) is 8. The molecule has 0 N–H and O–H groups in total. The molecule has 0 saturated carbocycles. The lowest BCUT2D eigenvalue weighted by Gasteiger charge is -2.22. The van der Waals surface area contributed by atoms with E-state index in [0.29, 0.717) is 0 Å². The number of carbonyl (C=O) groups is 2. The van der Waals surface area contributed by atoms with Crippen LogP contribution in [0.1, 0.15) is 13.3 Å². The molecular weight excluding hydrogens is 306 g/mol. The molecule has 1 unspecified atom stereocenters. The number of non-ortho nitro benzene ring substituents is 1. The Balaban J connectivity index is 2.87. The van der Waals surface area contributed by atoms with Gasteiger partial charge in [-0.05, 0) is 19.1 Å². The van der Waals surface area contributed by atoms with Gasteiger partial charge in [0, 0.05) is 25.4 Å². The summed E-state index contributed by atoms with van der Waals surface area (Å²) in [4.78, 5) is 33.7. The molecule has 9 heteroatoms. The van der Waals surface area contributed by atoms with Crippen molar-refractivity contribution in [1.29, 1.82) is 0 Å². The van der Waals surface area contributed by atoms with Crippen LogP contribution in [0, 0.1) is 10.1 Å². The van der Waals surface area contributed by atoms with Gasteiger partial charge in [0.2, 0.25) is 0 Å². The van der Waals surface area contributed by atoms with E-state index >= 15 is 0 Å². The van der Waals surface area contributed by atoms with Gasteiger partial charge in [-0.25, -0.2) is 4.79 Å². The molecule has 1 aromatic rings. The lowest BCUT2D eigenvalue weighted by Crippen LogP contribution is -2.40. The minimum absolute atomic E-state index is 0.122. The fraction of sp³-hybridized carbons (Fsp3) is 0.357. The predicted octanol–water partition coefficient (Wildman–Crippen LogP) is 1.37. The molecule has 1 aromatic carbocycles. The van der Waals surface area contributed by atoms with Crippen molar-refractivity contribution in [2.24, 2.45) is 5.10 Å². The summed E-state index contributed by atoms with van der Waals surface area (Å²) in [6.07, 6.45) is 1.22. The summed E-state index contributed by atoms with van der Waals surface area (Å²) in [7, 11) is 2.73. The van der Waals surface area contributed by atoms with Crippen LogP contribution in [-0.4, -0.2) is 48.3 Å². The third-order valence-electron chi connectivity index (χ3n) is 2.87. The number of rotatable bonds is 7. The SMILES string of the molecule is CC=NN(C)C(CC(=O)OC)C(=O)Oc1ccc([N+](=O)[O-])cc1. The van der Waals surface area contributed by atoms with Gasteiger partial charge < -0.3 is 9.47 Å². The maximum absolute atomic E-state index is 12.2. The summed E-state index contributed by atoms with van der Waals surface area (Å²) in [6.45, 7) is 1.66. The van der Waals surface area contributed by atoms with Crippen molar-refractivity contribution >= 4 is 23.8 Å². The highest BCUT2D eigenvalue weighted by Gasteiger charge is 2.28. The van der Waals surface area contributed by atoms with Gasteiger partial charge in [-0.15, -0.1) is 0 Å². The number of methoxy groups -OCH3 is 1. The number of likely N-dealkylation sites (N-methyl/N-ethyl adjacent to an activating group) is 1. The summed E-state index contributed by atoms with van der Waals surface area (Å²) in [5, 5.41) is 15.8. The van der Waals surface area contributed by atoms with Crippen LogP contribution in [0.4, 0.5) is 5.69 Å². The largest absolute Gasteiger partial charge is 0.469 e. The molecule has 0 radical (unpaired) electrons. The number of ether oxygens (including phenoxy) is 2. The van der Waals surface area contributed by atoms with Gasteiger partial charge in [0.05, 0.1) is 18.5 Å². The van der Waals surface area contributed by atoms with E-state index in [0.717, 1.165) is 0 Å². The summed E-state index contributed by atoms with van der Waals surface area (Å²) in [5.74, 6) is -1.18. The third-order valence-corrected chi connectivity index (χ3v) is 2.87. The van der Waals surface area contributed by atoms with Gasteiger partial charge in [0.1, 0.15) is 5.75 Å². The van der Waals surface area contributed by atoms with Crippen molar-refractivity contribution in [3.05, 3.63) is 34.4 Å². The maximum Gasteiger partial charge on any atom is 0.336 e. The molecule has 0 aliphatic heterocycles. The molecule has 0 spiro atoms. The number of nitro groups is 1. The Hall–Kier alpha value is -2.97. The van der Waals surface area contributed by atoms with Gasteiger partial charge in [0.15, 0.2) is 6.04 Å². The first-order chi connectivity index (χ1) is 10.9. The minimum Gasteiger partial charge on any atom is -0.469 e. The first-order valence-corrected chi connectivity index (χ1v) is 6.63. The van der Waals surface area contributed by atoms with Crippen LogP contribution in [0.25, 0.3) is 0 Å². The van der Waals surface area contributed by atoms with Gasteiger partial charge >= 0.3 is 11.9 Å². The van der Waals surface area contributed by atoms with Crippen molar-refractivity contribution in [2.45, 2.75) is 19.4 Å². The number of benzene rings is 1. The second-order valence-electron chi connectivity index (χ2n) is 4.42. The average molecular weight is 323 g/mol. The Kier molecular flexibility index (Phi) is 6.66. The van der Waals surface area contributed by atoms with E-state index in [4.69, 9.17) is 4.74 Å². The highest BCUT2D eigenvalue weighted by Crippen LogP contribution is 2.18. The molecule has 0 heterocycles. The summed E-state index contributed by atoms with van der Waals surface area (Å²) in [6, 6.07) is 4.05. The highest BCUT2D eigenvalue weighted by molar-refractivity contribution is 5.84. The van der Waals surface area contributed by atoms with Gasteiger partial charge in [-0.3, -0.25) is 19.9 Å². The van der Waals surface area contributed by atoms with Crippen LogP contribution < -0.4 is 4.74 Å². The number of nitro benzene ring substituents is 1. The summed E-state index contributed by atoms with van der Waals surface area (Å²) < 4.78 is 9.69. The molecule has 0 saturated heterocycles. The van der Waals surface area contributed by atoms with Crippen LogP contribution >= 0.6 is 0 Å². The van der Waals surface area contributed by atoms with Crippen molar-refractivity contribution < 1.29 is 24.0 Å². The number of hydrogen-bond donors (Lipinski definition) is 0. The van der Waals surface area contributed by atoms with E-state index < -0.39 is 22.9 Å². The molecular formula is C14H17N3O6. The van der Waals surface area contributed by atoms with Crippen molar-refractivity contribution in [3.8, 4) is 5.75 Å². The minimum atomic E-state index is -0.978. The van der Waals surface area contributed by atoms with Gasteiger partial charge in [-0.2, -0.15) is 5.10 Å². The van der Waals surface area contributed by atoms with E-state index in [1.165, 1.54) is 49.6 Å². The topological polar surface area (TPSA) is 111 Å². The molecule has 0 bridgehead atoms. The fourth-order valence-electron chi connectivity index (χ4n) is 1.69. The lowest BCUT2D eigenvalue weighted by atomic mass is 10.2. The van der Waals surface area contributed by atoms with Crippen LogP contribution in [0.3, 0.4) is 0 Å². The second kappa shape index (κ2) is 8.47. The average Bonchev–Trinajstić information content (AvgIpc) is 2.52. The molecule has 0 aliphatic carbocycles. The molecule has 23 heavy (non-hydrogen) atoms.